The highest BCUT2D eigenvalue weighted by Gasteiger charge is 2.25. The summed E-state index contributed by atoms with van der Waals surface area (Å²) in [6.45, 7) is 0. The molecule has 0 atom stereocenters. The average molecular weight is 485 g/mol. The second-order valence-corrected chi connectivity index (χ2v) is 9.60. The summed E-state index contributed by atoms with van der Waals surface area (Å²) >= 11 is 0. The summed E-state index contributed by atoms with van der Waals surface area (Å²) < 4.78 is 0. The SMILES string of the molecule is O=C(Nc1cncc(-c2ccc3[nH]nc(-c4cc5c(-c6cccnc6)cccc5[nH]4)c3c2)c1)C1CCC1. The first kappa shape index (κ1) is 21.5. The van der Waals surface area contributed by atoms with Crippen molar-refractivity contribution in [2.75, 3.05) is 5.32 Å². The lowest BCUT2D eigenvalue weighted by atomic mass is 9.85. The number of nitrogens with zero attached hydrogens (tertiary/aromatic N) is 3. The molecule has 0 saturated heterocycles. The second-order valence-electron chi connectivity index (χ2n) is 9.60. The van der Waals surface area contributed by atoms with Crippen molar-refractivity contribution in [1.29, 1.82) is 0 Å². The van der Waals surface area contributed by atoms with E-state index in [4.69, 9.17) is 0 Å². The maximum atomic E-state index is 12.4. The minimum absolute atomic E-state index is 0.0854. The van der Waals surface area contributed by atoms with Crippen molar-refractivity contribution in [2.45, 2.75) is 19.3 Å². The molecule has 1 fully saturated rings. The molecule has 7 nitrogen and oxygen atoms in total. The van der Waals surface area contributed by atoms with Gasteiger partial charge in [0.05, 0.1) is 23.1 Å². The molecule has 0 spiro atoms. The van der Waals surface area contributed by atoms with Gasteiger partial charge in [0.1, 0.15) is 5.69 Å². The zero-order valence-electron chi connectivity index (χ0n) is 20.0. The summed E-state index contributed by atoms with van der Waals surface area (Å²) in [5.41, 5.74) is 8.66. The molecule has 180 valence electrons. The van der Waals surface area contributed by atoms with Gasteiger partial charge in [-0.15, -0.1) is 0 Å². The minimum Gasteiger partial charge on any atom is -0.353 e. The minimum atomic E-state index is 0.0854. The number of aromatic nitrogens is 5. The fourth-order valence-electron chi connectivity index (χ4n) is 5.04. The van der Waals surface area contributed by atoms with Gasteiger partial charge < -0.3 is 10.3 Å². The standard InChI is InChI=1S/C30H24N6O/c37-30(18-4-1-5-18)33-22-12-21(16-32-17-22)19-9-10-27-25(13-19)29(36-35-27)28-14-24-23(7-2-8-26(24)34-28)20-6-3-11-31-15-20/h2-3,6-18,34H,1,4-5H2,(H,33,37)(H,35,36). The number of amides is 1. The van der Waals surface area contributed by atoms with Gasteiger partial charge in [0, 0.05) is 51.9 Å². The normalized spacial score (nSPS) is 13.6. The van der Waals surface area contributed by atoms with Crippen LogP contribution in [0, 0.1) is 5.92 Å². The summed E-state index contributed by atoms with van der Waals surface area (Å²) in [4.78, 5) is 24.6. The van der Waals surface area contributed by atoms with Gasteiger partial charge in [0.25, 0.3) is 0 Å². The van der Waals surface area contributed by atoms with Gasteiger partial charge in [0.15, 0.2) is 0 Å². The number of carbonyl (C=O) groups excluding carboxylic acids is 1. The van der Waals surface area contributed by atoms with Crippen LogP contribution in [0.15, 0.2) is 85.5 Å². The summed E-state index contributed by atoms with van der Waals surface area (Å²) in [5, 5.41) is 13.0. The molecule has 4 aromatic heterocycles. The van der Waals surface area contributed by atoms with Crippen LogP contribution >= 0.6 is 0 Å². The van der Waals surface area contributed by atoms with Crippen LogP contribution in [-0.2, 0) is 4.79 Å². The van der Waals surface area contributed by atoms with Crippen molar-refractivity contribution in [1.82, 2.24) is 25.1 Å². The Labute approximate surface area is 213 Å². The molecule has 4 heterocycles. The number of hydrogen-bond acceptors (Lipinski definition) is 4. The Balaban J connectivity index is 1.26. The van der Waals surface area contributed by atoms with Crippen LogP contribution in [0.5, 0.6) is 0 Å². The van der Waals surface area contributed by atoms with Crippen molar-refractivity contribution in [3.05, 3.63) is 85.5 Å². The lowest BCUT2D eigenvalue weighted by Gasteiger charge is -2.24. The lowest BCUT2D eigenvalue weighted by molar-refractivity contribution is -0.122. The lowest BCUT2D eigenvalue weighted by Crippen LogP contribution is -2.28. The Morgan fingerprint density at radius 3 is 2.59 bits per heavy atom. The van der Waals surface area contributed by atoms with Crippen LogP contribution in [-0.4, -0.2) is 31.1 Å². The fraction of sp³-hybridized carbons (Fsp3) is 0.133. The molecule has 1 aliphatic carbocycles. The fourth-order valence-corrected chi connectivity index (χ4v) is 5.04. The third-order valence-corrected chi connectivity index (χ3v) is 7.27. The van der Waals surface area contributed by atoms with E-state index in [0.29, 0.717) is 0 Å². The summed E-state index contributed by atoms with van der Waals surface area (Å²) in [6.07, 6.45) is 10.3. The first-order chi connectivity index (χ1) is 18.2. The molecule has 0 unspecified atom stereocenters. The first-order valence-corrected chi connectivity index (χ1v) is 12.5. The van der Waals surface area contributed by atoms with Gasteiger partial charge >= 0.3 is 0 Å². The number of hydrogen-bond donors (Lipinski definition) is 3. The van der Waals surface area contributed by atoms with E-state index in [-0.39, 0.29) is 11.8 Å². The maximum absolute atomic E-state index is 12.4. The highest BCUT2D eigenvalue weighted by molar-refractivity contribution is 6.02. The molecule has 7 rings (SSSR count). The van der Waals surface area contributed by atoms with Crippen molar-refractivity contribution in [2.24, 2.45) is 5.92 Å². The molecule has 0 aliphatic heterocycles. The molecule has 1 saturated carbocycles. The Morgan fingerprint density at radius 1 is 0.838 bits per heavy atom. The van der Waals surface area contributed by atoms with Crippen LogP contribution in [0.2, 0.25) is 0 Å². The van der Waals surface area contributed by atoms with Gasteiger partial charge in [-0.05, 0) is 60.4 Å². The predicted octanol–water partition coefficient (Wildman–Crippen LogP) is 6.57. The van der Waals surface area contributed by atoms with E-state index in [1.54, 1.807) is 12.4 Å². The molecular weight excluding hydrogens is 460 g/mol. The van der Waals surface area contributed by atoms with E-state index >= 15 is 0 Å². The van der Waals surface area contributed by atoms with Crippen LogP contribution in [0.25, 0.3) is 55.4 Å². The van der Waals surface area contributed by atoms with Gasteiger partial charge in [-0.3, -0.25) is 19.9 Å². The van der Waals surface area contributed by atoms with Crippen molar-refractivity contribution >= 4 is 33.4 Å². The number of benzene rings is 2. The third-order valence-electron chi connectivity index (χ3n) is 7.27. The van der Waals surface area contributed by atoms with Crippen molar-refractivity contribution in [3.63, 3.8) is 0 Å². The van der Waals surface area contributed by atoms with Crippen molar-refractivity contribution < 1.29 is 4.79 Å². The molecule has 6 aromatic rings. The molecule has 1 aliphatic rings. The summed E-state index contributed by atoms with van der Waals surface area (Å²) in [6, 6.07) is 20.6. The molecule has 7 heteroatoms. The third kappa shape index (κ3) is 3.85. The van der Waals surface area contributed by atoms with Crippen LogP contribution in [0.3, 0.4) is 0 Å². The Hall–Kier alpha value is -4.78. The monoisotopic (exact) mass is 484 g/mol. The van der Waals surface area contributed by atoms with E-state index in [0.717, 1.165) is 80.4 Å². The quantitative estimate of drug-likeness (QED) is 0.258. The Bertz CT molecular complexity index is 1760. The topological polar surface area (TPSA) is 99.3 Å². The molecular formula is C30H24N6O. The smallest absolute Gasteiger partial charge is 0.227 e. The number of H-pyrrole nitrogens is 2. The second kappa shape index (κ2) is 8.71. The number of aromatic amines is 2. The van der Waals surface area contributed by atoms with E-state index in [2.05, 4.69) is 66.9 Å². The highest BCUT2D eigenvalue weighted by atomic mass is 16.1. The average Bonchev–Trinajstić information content (AvgIpc) is 3.52. The van der Waals surface area contributed by atoms with E-state index in [1.165, 1.54) is 0 Å². The first-order valence-electron chi connectivity index (χ1n) is 12.5. The van der Waals surface area contributed by atoms with Gasteiger partial charge in [-0.2, -0.15) is 5.10 Å². The van der Waals surface area contributed by atoms with Crippen LogP contribution in [0.4, 0.5) is 5.69 Å². The number of anilines is 1. The van der Waals surface area contributed by atoms with E-state index < -0.39 is 0 Å². The highest BCUT2D eigenvalue weighted by Crippen LogP contribution is 2.35. The molecule has 37 heavy (non-hydrogen) atoms. The number of fused-ring (bicyclic) bond motifs is 2. The zero-order chi connectivity index (χ0) is 24.8. The molecule has 2 aromatic carbocycles. The zero-order valence-corrected chi connectivity index (χ0v) is 20.0. The molecule has 0 radical (unpaired) electrons. The van der Waals surface area contributed by atoms with Crippen LogP contribution in [0.1, 0.15) is 19.3 Å². The Morgan fingerprint density at radius 2 is 1.76 bits per heavy atom. The largest absolute Gasteiger partial charge is 0.353 e. The van der Waals surface area contributed by atoms with E-state index in [9.17, 15) is 4.79 Å². The Kier molecular flexibility index (Phi) is 5.06. The predicted molar refractivity (Wildman–Crippen MR) is 146 cm³/mol. The van der Waals surface area contributed by atoms with E-state index in [1.807, 2.05) is 36.7 Å². The number of rotatable bonds is 5. The number of nitrogens with one attached hydrogen (secondary N) is 3. The number of pyridine rings is 2. The number of carbonyl (C=O) groups is 1. The molecule has 0 bridgehead atoms. The van der Waals surface area contributed by atoms with Crippen LogP contribution < -0.4 is 5.32 Å². The van der Waals surface area contributed by atoms with Gasteiger partial charge in [-0.25, -0.2) is 0 Å². The molecule has 1 amide bonds. The summed E-state index contributed by atoms with van der Waals surface area (Å²) in [5.74, 6) is 0.214. The van der Waals surface area contributed by atoms with Crippen molar-refractivity contribution in [3.8, 4) is 33.6 Å². The van der Waals surface area contributed by atoms with Gasteiger partial charge in [-0.1, -0.05) is 30.7 Å². The summed E-state index contributed by atoms with van der Waals surface area (Å²) in [7, 11) is 0. The van der Waals surface area contributed by atoms with Gasteiger partial charge in [0.2, 0.25) is 5.91 Å². The molecule has 3 N–H and O–H groups in total. The maximum Gasteiger partial charge on any atom is 0.227 e.